The van der Waals surface area contributed by atoms with E-state index in [1.165, 1.54) is 26.7 Å². The van der Waals surface area contributed by atoms with E-state index in [-0.39, 0.29) is 0 Å². The third-order valence-corrected chi connectivity index (χ3v) is 0.717. The van der Waals surface area contributed by atoms with Crippen LogP contribution in [0.1, 0.15) is 0 Å². The average Bonchev–Trinajstić information content (AvgIpc) is 2.55. The molecule has 0 N–H and O–H groups in total. The third-order valence-electron chi connectivity index (χ3n) is 0.717. The normalized spacial score (nSPS) is 7.83. The molecule has 0 aliphatic heterocycles. The van der Waals surface area contributed by atoms with Gasteiger partial charge in [0.15, 0.2) is 0 Å². The minimum Gasteiger partial charge on any atom is -0.438 e. The highest BCUT2D eigenvalue weighted by Gasteiger charge is 1.88. The lowest BCUT2D eigenvalue weighted by molar-refractivity contribution is 0.0924. The van der Waals surface area contributed by atoms with Crippen LogP contribution in [0.2, 0.25) is 0 Å². The monoisotopic (exact) mass is 176 g/mol. The molecule has 0 amide bonds. The highest BCUT2D eigenvalue weighted by atomic mass is 16.7. The van der Waals surface area contributed by atoms with E-state index in [2.05, 4.69) is 18.3 Å². The Bertz CT molecular complexity index is 236. The molecule has 0 aliphatic carbocycles. The fourth-order valence-electron chi connectivity index (χ4n) is 0.278. The first-order valence-electron chi connectivity index (χ1n) is 2.85. The molecule has 1 heterocycles. The molecule has 1 rings (SSSR count). The van der Waals surface area contributed by atoms with Crippen molar-refractivity contribution in [1.82, 2.24) is 0 Å². The first kappa shape index (κ1) is 10.3. The predicted octanol–water partition coefficient (Wildman–Crippen LogP) is 0.632. The molecular formula is C6H8O6. The van der Waals surface area contributed by atoms with Crippen molar-refractivity contribution in [3.8, 4) is 0 Å². The van der Waals surface area contributed by atoms with Gasteiger partial charge in [0.05, 0.1) is 14.2 Å². The molecule has 12 heavy (non-hydrogen) atoms. The Morgan fingerprint density at radius 1 is 1.25 bits per heavy atom. The van der Waals surface area contributed by atoms with Crippen LogP contribution in [0.3, 0.4) is 0 Å². The second kappa shape index (κ2) is 6.02. The van der Waals surface area contributed by atoms with Crippen LogP contribution in [0.25, 0.3) is 0 Å². The van der Waals surface area contributed by atoms with E-state index in [0.29, 0.717) is 0 Å². The number of methoxy groups -OCH3 is 2. The minimum absolute atomic E-state index is 0.657. The van der Waals surface area contributed by atoms with E-state index in [9.17, 15) is 9.59 Å². The van der Waals surface area contributed by atoms with Gasteiger partial charge in [0.2, 0.25) is 0 Å². The largest absolute Gasteiger partial charge is 0.518 e. The lowest BCUT2D eigenvalue weighted by atomic mass is 11.1. The molecule has 1 aromatic heterocycles. The van der Waals surface area contributed by atoms with Crippen LogP contribution in [-0.2, 0) is 9.47 Å². The zero-order chi connectivity index (χ0) is 9.40. The molecular weight excluding hydrogens is 168 g/mol. The summed E-state index contributed by atoms with van der Waals surface area (Å²) in [5.41, 5.74) is 0. The van der Waals surface area contributed by atoms with Gasteiger partial charge in [-0.2, -0.15) is 0 Å². The van der Waals surface area contributed by atoms with Crippen LogP contribution in [0, 0.1) is 0 Å². The van der Waals surface area contributed by atoms with Crippen LogP contribution < -0.4 is 5.82 Å². The number of hydrogen-bond acceptors (Lipinski definition) is 6. The number of carbonyl (C=O) groups excluding carboxylic acids is 1. The Morgan fingerprint density at radius 2 is 1.67 bits per heavy atom. The van der Waals surface area contributed by atoms with Crippen LogP contribution in [0.15, 0.2) is 26.2 Å². The Kier molecular flexibility index (Phi) is 5.16. The van der Waals surface area contributed by atoms with Gasteiger partial charge in [0, 0.05) is 0 Å². The summed E-state index contributed by atoms with van der Waals surface area (Å²) in [6, 6.07) is 0. The van der Waals surface area contributed by atoms with E-state index in [4.69, 9.17) is 0 Å². The van der Waals surface area contributed by atoms with E-state index in [1.54, 1.807) is 0 Å². The molecule has 0 saturated carbocycles. The molecule has 1 aromatic rings. The molecule has 0 radical (unpaired) electrons. The summed E-state index contributed by atoms with van der Waals surface area (Å²) < 4.78 is 16.3. The quantitative estimate of drug-likeness (QED) is 0.539. The van der Waals surface area contributed by atoms with Gasteiger partial charge in [0.25, 0.3) is 0 Å². The van der Waals surface area contributed by atoms with Crippen molar-refractivity contribution >= 4 is 6.16 Å². The Hall–Kier alpha value is -1.72. The summed E-state index contributed by atoms with van der Waals surface area (Å²) in [4.78, 5) is 19.5. The van der Waals surface area contributed by atoms with Gasteiger partial charge >= 0.3 is 12.0 Å². The second-order valence-electron chi connectivity index (χ2n) is 1.42. The van der Waals surface area contributed by atoms with Gasteiger partial charge in [-0.15, -0.1) is 0 Å². The molecule has 0 unspecified atom stereocenters. The molecule has 0 bridgehead atoms. The highest BCUT2D eigenvalue weighted by Crippen LogP contribution is 1.72. The second-order valence-corrected chi connectivity index (χ2v) is 1.42. The van der Waals surface area contributed by atoms with Crippen molar-refractivity contribution in [3.63, 3.8) is 0 Å². The number of rotatable bonds is 0. The molecule has 0 spiro atoms. The van der Waals surface area contributed by atoms with Gasteiger partial charge in [-0.25, -0.2) is 9.59 Å². The third kappa shape index (κ3) is 5.10. The van der Waals surface area contributed by atoms with Crippen molar-refractivity contribution in [2.45, 2.75) is 0 Å². The van der Waals surface area contributed by atoms with Crippen LogP contribution in [0.4, 0.5) is 4.79 Å². The standard InChI is InChI=1S/C3H2O3.C3H6O3/c4-3-5-1-2-6-3;1-5-3(4)6-2/h1-2H;1-2H3. The van der Waals surface area contributed by atoms with Crippen molar-refractivity contribution < 1.29 is 23.1 Å². The SMILES string of the molecule is COC(=O)OC.O=c1occo1. The van der Waals surface area contributed by atoms with E-state index in [1.807, 2.05) is 0 Å². The fourth-order valence-corrected chi connectivity index (χ4v) is 0.278. The number of ether oxygens (including phenoxy) is 2. The molecule has 68 valence electrons. The Balaban J connectivity index is 0.000000202. The van der Waals surface area contributed by atoms with E-state index >= 15 is 0 Å². The molecule has 0 aromatic carbocycles. The van der Waals surface area contributed by atoms with Crippen molar-refractivity contribution in [2.75, 3.05) is 14.2 Å². The van der Waals surface area contributed by atoms with E-state index < -0.39 is 12.0 Å². The fraction of sp³-hybridized carbons (Fsp3) is 0.333. The van der Waals surface area contributed by atoms with Gasteiger partial charge < -0.3 is 18.3 Å². The maximum absolute atomic E-state index is 9.74. The summed E-state index contributed by atoms with van der Waals surface area (Å²) in [5, 5.41) is 0. The lowest BCUT2D eigenvalue weighted by Crippen LogP contribution is -1.97. The Labute approximate surface area is 67.7 Å². The van der Waals surface area contributed by atoms with Crippen LogP contribution in [0.5, 0.6) is 0 Å². The first-order chi connectivity index (χ1) is 5.70. The molecule has 0 fully saturated rings. The predicted molar refractivity (Wildman–Crippen MR) is 36.7 cm³/mol. The van der Waals surface area contributed by atoms with E-state index in [0.717, 1.165) is 0 Å². The van der Waals surface area contributed by atoms with Gasteiger partial charge in [-0.05, 0) is 0 Å². The lowest BCUT2D eigenvalue weighted by Gasteiger charge is -1.89. The van der Waals surface area contributed by atoms with Crippen molar-refractivity contribution in [1.29, 1.82) is 0 Å². The molecule has 6 heteroatoms. The average molecular weight is 176 g/mol. The molecule has 6 nitrogen and oxygen atoms in total. The summed E-state index contributed by atoms with van der Waals surface area (Å²) >= 11 is 0. The van der Waals surface area contributed by atoms with Crippen LogP contribution >= 0.6 is 0 Å². The summed E-state index contributed by atoms with van der Waals surface area (Å²) in [5.74, 6) is -0.657. The smallest absolute Gasteiger partial charge is 0.438 e. The highest BCUT2D eigenvalue weighted by molar-refractivity contribution is 5.59. The maximum atomic E-state index is 9.74. The van der Waals surface area contributed by atoms with Crippen LogP contribution in [-0.4, -0.2) is 20.4 Å². The summed E-state index contributed by atoms with van der Waals surface area (Å²) in [6.45, 7) is 0. The number of carbonyl (C=O) groups is 1. The van der Waals surface area contributed by atoms with Gasteiger partial charge in [-0.1, -0.05) is 0 Å². The molecule has 0 saturated heterocycles. The van der Waals surface area contributed by atoms with Crippen molar-refractivity contribution in [2.24, 2.45) is 0 Å². The minimum atomic E-state index is -0.657. The summed E-state index contributed by atoms with van der Waals surface area (Å²) in [7, 11) is 2.51. The topological polar surface area (TPSA) is 78.9 Å². The van der Waals surface area contributed by atoms with Crippen molar-refractivity contribution in [3.05, 3.63) is 23.1 Å². The summed E-state index contributed by atoms with van der Waals surface area (Å²) in [6.07, 6.45) is 1.71. The van der Waals surface area contributed by atoms with Gasteiger partial charge in [0.1, 0.15) is 12.5 Å². The molecule has 0 atom stereocenters. The maximum Gasteiger partial charge on any atom is 0.518 e. The Morgan fingerprint density at radius 3 is 1.75 bits per heavy atom. The zero-order valence-corrected chi connectivity index (χ0v) is 6.60. The first-order valence-corrected chi connectivity index (χ1v) is 2.85. The number of hydrogen-bond donors (Lipinski definition) is 0. The van der Waals surface area contributed by atoms with Gasteiger partial charge in [-0.3, -0.25) is 0 Å². The molecule has 0 aliphatic rings. The zero-order valence-electron chi connectivity index (χ0n) is 6.60.